The Balaban J connectivity index is 1.28. The number of carbonyl (C=O) groups excluding carboxylic acids is 5. The number of cyclic esters (lactones) is 1. The van der Waals surface area contributed by atoms with Crippen LogP contribution in [-0.4, -0.2) is 136 Å². The zero-order chi connectivity index (χ0) is 50.4. The Bertz CT molecular complexity index is 2210. The summed E-state index contributed by atoms with van der Waals surface area (Å²) in [5, 5.41) is 39.7. The van der Waals surface area contributed by atoms with E-state index < -0.39 is 89.5 Å². The van der Waals surface area contributed by atoms with Crippen molar-refractivity contribution < 1.29 is 63.0 Å². The van der Waals surface area contributed by atoms with Crippen LogP contribution in [0.4, 0.5) is 5.69 Å². The number of ether oxygens (including phenoxy) is 5. The van der Waals surface area contributed by atoms with Gasteiger partial charge in [-0.15, -0.1) is 0 Å². The van der Waals surface area contributed by atoms with Crippen molar-refractivity contribution in [2.24, 2.45) is 29.6 Å². The summed E-state index contributed by atoms with van der Waals surface area (Å²) >= 11 is 0. The van der Waals surface area contributed by atoms with Gasteiger partial charge in [0.15, 0.2) is 0 Å². The highest BCUT2D eigenvalue weighted by molar-refractivity contribution is 6.39. The Morgan fingerprint density at radius 3 is 2.39 bits per heavy atom. The van der Waals surface area contributed by atoms with E-state index in [0.29, 0.717) is 56.2 Å². The lowest BCUT2D eigenvalue weighted by molar-refractivity contribution is -0.302. The number of piperidine rings is 1. The van der Waals surface area contributed by atoms with Gasteiger partial charge < -0.3 is 54.2 Å². The van der Waals surface area contributed by atoms with Gasteiger partial charge in [-0.2, -0.15) is 0 Å². The first kappa shape index (κ1) is 54.1. The number of esters is 1. The van der Waals surface area contributed by atoms with Crippen molar-refractivity contribution in [3.63, 3.8) is 0 Å². The van der Waals surface area contributed by atoms with Gasteiger partial charge in [0.05, 0.1) is 36.4 Å². The minimum atomic E-state index is -2.54. The summed E-state index contributed by atoms with van der Waals surface area (Å²) in [4.78, 5) is 75.0. The average Bonchev–Trinajstić information content (AvgIpc) is 3.80. The van der Waals surface area contributed by atoms with E-state index in [1.54, 1.807) is 26.8 Å². The maximum Gasteiger partial charge on any atom is 0.329 e. The summed E-state index contributed by atoms with van der Waals surface area (Å²) < 4.78 is 30.2. The van der Waals surface area contributed by atoms with Gasteiger partial charge in [-0.3, -0.25) is 19.2 Å². The number of rotatable bonds is 9. The molecule has 4 heterocycles. The first-order chi connectivity index (χ1) is 32.7. The second-order valence-electron chi connectivity index (χ2n) is 20.6. The largest absolute Gasteiger partial charge is 0.456 e. The Labute approximate surface area is 406 Å². The second kappa shape index (κ2) is 23.3. The minimum absolute atomic E-state index is 0.00472. The van der Waals surface area contributed by atoms with Crippen LogP contribution in [0.25, 0.3) is 10.9 Å². The number of amides is 2. The molecule has 1 aromatic heterocycles. The summed E-state index contributed by atoms with van der Waals surface area (Å²) in [7, 11) is 4.54. The third kappa shape index (κ3) is 12.4. The lowest BCUT2D eigenvalue weighted by Gasteiger charge is -2.47. The van der Waals surface area contributed by atoms with Crippen LogP contribution < -0.4 is 5.32 Å². The van der Waals surface area contributed by atoms with E-state index in [1.807, 2.05) is 57.3 Å². The summed E-state index contributed by atoms with van der Waals surface area (Å²) in [6.07, 6.45) is 4.16. The number of anilines is 1. The fourth-order valence-corrected chi connectivity index (χ4v) is 11.3. The Morgan fingerprint density at radius 1 is 0.971 bits per heavy atom. The molecule has 0 radical (unpaired) electrons. The van der Waals surface area contributed by atoms with Crippen molar-refractivity contribution in [1.82, 2.24) is 9.88 Å². The molecule has 2 bridgehead atoms. The minimum Gasteiger partial charge on any atom is -0.456 e. The van der Waals surface area contributed by atoms with E-state index in [0.717, 1.165) is 16.5 Å². The zero-order valence-corrected chi connectivity index (χ0v) is 42.0. The third-order valence-corrected chi connectivity index (χ3v) is 15.4. The molecule has 6 rings (SSSR count). The number of hydrogen-bond acceptors (Lipinski definition) is 13. The van der Waals surface area contributed by atoms with Crippen LogP contribution in [0.1, 0.15) is 119 Å². The predicted octanol–water partition coefficient (Wildman–Crippen LogP) is 6.35. The van der Waals surface area contributed by atoms with Crippen LogP contribution >= 0.6 is 0 Å². The molecule has 3 fully saturated rings. The summed E-state index contributed by atoms with van der Waals surface area (Å²) in [6, 6.07) is 6.23. The maximum absolute atomic E-state index is 14.6. The number of fused-ring (bicyclic) bond motifs is 4. The number of nitrogens with zero attached hydrogens (tertiary/aromatic N) is 1. The van der Waals surface area contributed by atoms with Gasteiger partial charge in [-0.1, -0.05) is 45.4 Å². The average molecular weight is 964 g/mol. The van der Waals surface area contributed by atoms with Crippen molar-refractivity contribution in [3.05, 3.63) is 53.8 Å². The van der Waals surface area contributed by atoms with Crippen molar-refractivity contribution >= 4 is 45.9 Å². The van der Waals surface area contributed by atoms with Gasteiger partial charge in [-0.25, -0.2) is 4.79 Å². The topological polar surface area (TPSA) is 223 Å². The van der Waals surface area contributed by atoms with Crippen molar-refractivity contribution in [2.45, 2.75) is 173 Å². The molecule has 14 unspecified atom stereocenters. The Morgan fingerprint density at radius 2 is 1.70 bits per heavy atom. The Hall–Kier alpha value is -4.29. The lowest BCUT2D eigenvalue weighted by atomic mass is 9.73. The molecule has 16 nitrogen and oxygen atoms in total. The Kier molecular flexibility index (Phi) is 18.2. The van der Waals surface area contributed by atoms with Crippen LogP contribution in [0.3, 0.4) is 0 Å². The molecule has 2 amide bonds. The highest BCUT2D eigenvalue weighted by Gasteiger charge is 2.57. The quantitative estimate of drug-likeness (QED) is 0.105. The molecule has 3 aliphatic heterocycles. The molecular formula is C53H77N3O13. The van der Waals surface area contributed by atoms with Gasteiger partial charge in [0.25, 0.3) is 11.7 Å². The summed E-state index contributed by atoms with van der Waals surface area (Å²) in [5.41, 5.74) is 1.62. The standard InChI is InChI=1S/C53H77N3O13/c1-10-36-22-30(2)21-31(3)23-43(65-7)48-44(66-8)25-33(5)53(64,69-48)49(60)50(61)56-20-12-11-13-40(56)51(62)68-47(34(6)41(57)28-42(36)58)32(4)24-35-16-18-52(63,45(26-35)67-9)29-46(59)55-38-14-15-39-37(27-38)17-19-54-39/h14-15,17,19,22,24,27,31,33-36,40-41,43-45,47-48,54,57,63-64H,10-13,16,18,20-21,23,25-26,28-29H2,1-9H3,(H,55,59). The monoisotopic (exact) mass is 964 g/mol. The molecular weight excluding hydrogens is 887 g/mol. The van der Waals surface area contributed by atoms with Gasteiger partial charge >= 0.3 is 5.97 Å². The molecule has 5 N–H and O–H groups in total. The van der Waals surface area contributed by atoms with Gasteiger partial charge in [0.1, 0.15) is 24.0 Å². The van der Waals surface area contributed by atoms with Crippen LogP contribution in [0.2, 0.25) is 0 Å². The molecule has 1 saturated carbocycles. The molecule has 0 spiro atoms. The van der Waals surface area contributed by atoms with Crippen molar-refractivity contribution in [2.75, 3.05) is 33.2 Å². The normalized spacial score (nSPS) is 36.3. The number of benzene rings is 1. The molecule has 382 valence electrons. The first-order valence-corrected chi connectivity index (χ1v) is 25.0. The number of hydrogen-bond donors (Lipinski definition) is 5. The van der Waals surface area contributed by atoms with Crippen LogP contribution in [0, 0.1) is 29.6 Å². The number of aliphatic hydroxyl groups excluding tert-OH is 1. The van der Waals surface area contributed by atoms with E-state index in [-0.39, 0.29) is 62.2 Å². The van der Waals surface area contributed by atoms with Crippen molar-refractivity contribution in [1.29, 1.82) is 0 Å². The number of aliphatic hydroxyl groups is 3. The van der Waals surface area contributed by atoms with Crippen LogP contribution in [0.15, 0.2) is 53.8 Å². The molecule has 1 aromatic carbocycles. The number of methoxy groups -OCH3 is 3. The predicted molar refractivity (Wildman–Crippen MR) is 259 cm³/mol. The number of carbonyl (C=O) groups is 5. The lowest BCUT2D eigenvalue weighted by Crippen LogP contribution is -2.64. The molecule has 1 aliphatic carbocycles. The number of aromatic amines is 1. The van der Waals surface area contributed by atoms with E-state index in [9.17, 15) is 39.3 Å². The zero-order valence-electron chi connectivity index (χ0n) is 42.0. The molecule has 2 aromatic rings. The van der Waals surface area contributed by atoms with E-state index in [4.69, 9.17) is 23.7 Å². The SMILES string of the molecule is CCC1C=C(C)CC(C)CC(OC)C2OC(O)(C(=O)C(=O)N3CCCCC3C(=O)OC(C(C)=CC3CCC(O)(CC(=O)Nc4ccc5[nH]ccc5c4)C(OC)C3)C(C)C(O)CC1=O)C(C)CC2OC. The molecule has 4 aliphatic rings. The van der Waals surface area contributed by atoms with Gasteiger partial charge in [-0.05, 0) is 120 Å². The highest BCUT2D eigenvalue weighted by Crippen LogP contribution is 2.41. The first-order valence-electron chi connectivity index (χ1n) is 25.0. The number of allylic oxidation sites excluding steroid dienone is 3. The van der Waals surface area contributed by atoms with Gasteiger partial charge in [0.2, 0.25) is 11.7 Å². The summed E-state index contributed by atoms with van der Waals surface area (Å²) in [5.74, 6) is -8.45. The molecule has 16 heteroatoms. The molecule has 2 saturated heterocycles. The van der Waals surface area contributed by atoms with Crippen LogP contribution in [0.5, 0.6) is 0 Å². The third-order valence-electron chi connectivity index (χ3n) is 15.4. The van der Waals surface area contributed by atoms with E-state index in [1.165, 1.54) is 26.2 Å². The number of Topliss-reactive ketones (excluding diaryl/α,β-unsaturated/α-hetero) is 2. The summed E-state index contributed by atoms with van der Waals surface area (Å²) in [6.45, 7) is 11.1. The highest BCUT2D eigenvalue weighted by atomic mass is 16.7. The van der Waals surface area contributed by atoms with Crippen LogP contribution in [-0.2, 0) is 47.7 Å². The van der Waals surface area contributed by atoms with Crippen molar-refractivity contribution in [3.8, 4) is 0 Å². The number of nitrogens with one attached hydrogen (secondary N) is 2. The fourth-order valence-electron chi connectivity index (χ4n) is 11.3. The smallest absolute Gasteiger partial charge is 0.329 e. The number of ketones is 2. The fraction of sp³-hybridized carbons (Fsp3) is 0.679. The second-order valence-corrected chi connectivity index (χ2v) is 20.6. The van der Waals surface area contributed by atoms with Gasteiger partial charge in [0, 0.05) is 74.8 Å². The molecule has 69 heavy (non-hydrogen) atoms. The number of aromatic nitrogens is 1. The number of H-pyrrole nitrogens is 1. The maximum atomic E-state index is 14.6. The van der Waals surface area contributed by atoms with E-state index in [2.05, 4.69) is 10.3 Å². The van der Waals surface area contributed by atoms with E-state index >= 15 is 0 Å². The molecule has 14 atom stereocenters.